The van der Waals surface area contributed by atoms with Crippen molar-refractivity contribution >= 4 is 33.4 Å². The molecule has 4 rings (SSSR count). The van der Waals surface area contributed by atoms with Crippen LogP contribution in [0.3, 0.4) is 0 Å². The van der Waals surface area contributed by atoms with Crippen molar-refractivity contribution in [2.45, 2.75) is 0 Å². The number of amides is 2. The number of pyridine rings is 1. The topological polar surface area (TPSA) is 80.8 Å². The molecule has 0 bridgehead atoms. The first kappa shape index (κ1) is 21.0. The maximum Gasteiger partial charge on any atom is 0.261 e. The highest BCUT2D eigenvalue weighted by atomic mass is 79.9. The number of morpholine rings is 1. The number of benzene rings is 2. The third kappa shape index (κ3) is 5.28. The Kier molecular flexibility index (Phi) is 6.59. The number of hydrogen-bond donors (Lipinski definition) is 1. The summed E-state index contributed by atoms with van der Waals surface area (Å²) in [7, 11) is 0. The highest BCUT2D eigenvalue weighted by Gasteiger charge is 2.19. The molecule has 0 unspecified atom stereocenters. The Morgan fingerprint density at radius 3 is 2.58 bits per heavy atom. The molecule has 1 aliphatic heterocycles. The zero-order valence-corrected chi connectivity index (χ0v) is 18.2. The van der Waals surface area contributed by atoms with E-state index in [-0.39, 0.29) is 23.3 Å². The predicted molar refractivity (Wildman–Crippen MR) is 120 cm³/mol. The molecule has 1 saturated heterocycles. The van der Waals surface area contributed by atoms with Gasteiger partial charge in [0.05, 0.1) is 13.2 Å². The summed E-state index contributed by atoms with van der Waals surface area (Å²) in [4.78, 5) is 31.6. The molecule has 2 amide bonds. The summed E-state index contributed by atoms with van der Waals surface area (Å²) >= 11 is 3.38. The van der Waals surface area contributed by atoms with Crippen LogP contribution in [0.15, 0.2) is 71.3 Å². The first-order valence-corrected chi connectivity index (χ1v) is 10.6. The number of carbonyl (C=O) groups excluding carboxylic acids is 2. The molecule has 7 nitrogen and oxygen atoms in total. The van der Waals surface area contributed by atoms with Crippen LogP contribution in [-0.2, 0) is 4.74 Å². The molecule has 0 atom stereocenters. The summed E-state index contributed by atoms with van der Waals surface area (Å²) in [6.07, 6.45) is 1.56. The summed E-state index contributed by atoms with van der Waals surface area (Å²) in [6.45, 7) is 2.18. The van der Waals surface area contributed by atoms with Gasteiger partial charge in [-0.25, -0.2) is 4.98 Å². The molecule has 1 N–H and O–H groups in total. The van der Waals surface area contributed by atoms with E-state index in [1.165, 1.54) is 0 Å². The number of nitrogens with one attached hydrogen (secondary N) is 1. The third-order valence-corrected chi connectivity index (χ3v) is 5.24. The van der Waals surface area contributed by atoms with E-state index in [0.717, 1.165) is 4.47 Å². The van der Waals surface area contributed by atoms with Crippen molar-refractivity contribution in [2.24, 2.45) is 0 Å². The summed E-state index contributed by atoms with van der Waals surface area (Å²) < 4.78 is 12.0. The van der Waals surface area contributed by atoms with Gasteiger partial charge in [0.1, 0.15) is 11.3 Å². The maximum absolute atomic E-state index is 12.9. The molecule has 2 heterocycles. The minimum atomic E-state index is -0.379. The number of nitrogens with zero attached hydrogens (tertiary/aromatic N) is 2. The molecule has 0 radical (unpaired) electrons. The highest BCUT2D eigenvalue weighted by molar-refractivity contribution is 9.10. The molecule has 2 aromatic carbocycles. The average Bonchev–Trinajstić information content (AvgIpc) is 2.81. The lowest BCUT2D eigenvalue weighted by atomic mass is 10.1. The van der Waals surface area contributed by atoms with Gasteiger partial charge in [-0.05, 0) is 54.6 Å². The second-order valence-electron chi connectivity index (χ2n) is 6.85. The molecule has 8 heteroatoms. The smallest absolute Gasteiger partial charge is 0.261 e. The Labute approximate surface area is 188 Å². The van der Waals surface area contributed by atoms with Crippen molar-refractivity contribution < 1.29 is 19.1 Å². The zero-order chi connectivity index (χ0) is 21.6. The van der Waals surface area contributed by atoms with Crippen LogP contribution >= 0.6 is 15.9 Å². The van der Waals surface area contributed by atoms with Crippen molar-refractivity contribution in [3.05, 3.63) is 82.5 Å². The van der Waals surface area contributed by atoms with Crippen molar-refractivity contribution in [3.8, 4) is 11.6 Å². The van der Waals surface area contributed by atoms with Gasteiger partial charge in [0, 0.05) is 35.0 Å². The average molecular weight is 482 g/mol. The normalized spacial score (nSPS) is 13.5. The standard InChI is InChI=1S/C23H20BrN3O4/c24-17-6-8-19(9-7-17)31-22-20(5-2-10-25-22)21(28)26-18-4-1-3-16(15-18)23(29)27-11-13-30-14-12-27/h1-10,15H,11-14H2,(H,26,28). The van der Waals surface area contributed by atoms with Gasteiger partial charge in [0.25, 0.3) is 11.8 Å². The molecular formula is C23H20BrN3O4. The minimum Gasteiger partial charge on any atom is -0.438 e. The number of halogens is 1. The molecule has 0 aliphatic carbocycles. The van der Waals surface area contributed by atoms with E-state index in [0.29, 0.717) is 43.3 Å². The van der Waals surface area contributed by atoms with E-state index >= 15 is 0 Å². The van der Waals surface area contributed by atoms with E-state index in [1.807, 2.05) is 12.1 Å². The lowest BCUT2D eigenvalue weighted by molar-refractivity contribution is 0.0303. The number of rotatable bonds is 5. The third-order valence-electron chi connectivity index (χ3n) is 4.71. The SMILES string of the molecule is O=C(Nc1cccc(C(=O)N2CCOCC2)c1)c1cccnc1Oc1ccc(Br)cc1. The van der Waals surface area contributed by atoms with E-state index in [9.17, 15) is 9.59 Å². The molecule has 1 aliphatic rings. The van der Waals surface area contributed by atoms with E-state index < -0.39 is 0 Å². The van der Waals surface area contributed by atoms with Gasteiger partial charge in [0.2, 0.25) is 5.88 Å². The Hall–Kier alpha value is -3.23. The lowest BCUT2D eigenvalue weighted by Gasteiger charge is -2.27. The van der Waals surface area contributed by atoms with Crippen molar-refractivity contribution in [1.29, 1.82) is 0 Å². The second kappa shape index (κ2) is 9.72. The zero-order valence-electron chi connectivity index (χ0n) is 16.6. The van der Waals surface area contributed by atoms with Gasteiger partial charge >= 0.3 is 0 Å². The fourth-order valence-corrected chi connectivity index (χ4v) is 3.40. The predicted octanol–water partition coefficient (Wildman–Crippen LogP) is 4.36. The first-order valence-electron chi connectivity index (χ1n) is 9.77. The number of ether oxygens (including phenoxy) is 2. The molecule has 1 fully saturated rings. The van der Waals surface area contributed by atoms with Gasteiger partial charge in [-0.15, -0.1) is 0 Å². The lowest BCUT2D eigenvalue weighted by Crippen LogP contribution is -2.40. The summed E-state index contributed by atoms with van der Waals surface area (Å²) in [5, 5.41) is 2.83. The summed E-state index contributed by atoms with van der Waals surface area (Å²) in [6, 6.07) is 17.4. The first-order chi connectivity index (χ1) is 15.1. The number of hydrogen-bond acceptors (Lipinski definition) is 5. The van der Waals surface area contributed by atoms with E-state index in [1.54, 1.807) is 59.6 Å². The second-order valence-corrected chi connectivity index (χ2v) is 7.77. The van der Waals surface area contributed by atoms with E-state index in [4.69, 9.17) is 9.47 Å². The Bertz CT molecular complexity index is 1080. The van der Waals surface area contributed by atoms with Crippen LogP contribution in [0, 0.1) is 0 Å². The molecule has 158 valence electrons. The monoisotopic (exact) mass is 481 g/mol. The van der Waals surface area contributed by atoms with Crippen molar-refractivity contribution in [3.63, 3.8) is 0 Å². The van der Waals surface area contributed by atoms with Crippen LogP contribution in [0.1, 0.15) is 20.7 Å². The van der Waals surface area contributed by atoms with E-state index in [2.05, 4.69) is 26.2 Å². The number of aromatic nitrogens is 1. The molecular weight excluding hydrogens is 462 g/mol. The van der Waals surface area contributed by atoms with Crippen LogP contribution in [0.25, 0.3) is 0 Å². The van der Waals surface area contributed by atoms with Gasteiger partial charge in [-0.1, -0.05) is 22.0 Å². The number of anilines is 1. The Morgan fingerprint density at radius 1 is 1.03 bits per heavy atom. The molecule has 31 heavy (non-hydrogen) atoms. The number of carbonyl (C=O) groups is 2. The largest absolute Gasteiger partial charge is 0.438 e. The maximum atomic E-state index is 12.9. The van der Waals surface area contributed by atoms with Crippen LogP contribution in [0.2, 0.25) is 0 Å². The highest BCUT2D eigenvalue weighted by Crippen LogP contribution is 2.25. The molecule has 3 aromatic rings. The fraction of sp³-hybridized carbons (Fsp3) is 0.174. The quantitative estimate of drug-likeness (QED) is 0.585. The van der Waals surface area contributed by atoms with Gasteiger partial charge in [-0.3, -0.25) is 9.59 Å². The molecule has 0 saturated carbocycles. The van der Waals surface area contributed by atoms with Crippen LogP contribution in [0.5, 0.6) is 11.6 Å². The van der Waals surface area contributed by atoms with Crippen molar-refractivity contribution in [2.75, 3.05) is 31.6 Å². The van der Waals surface area contributed by atoms with Gasteiger partial charge in [0.15, 0.2) is 0 Å². The Balaban J connectivity index is 1.50. The summed E-state index contributed by atoms with van der Waals surface area (Å²) in [5.74, 6) is 0.299. The molecule has 1 aromatic heterocycles. The van der Waals surface area contributed by atoms with Crippen LogP contribution in [-0.4, -0.2) is 48.0 Å². The van der Waals surface area contributed by atoms with Crippen molar-refractivity contribution in [1.82, 2.24) is 9.88 Å². The van der Waals surface area contributed by atoms with Gasteiger partial charge < -0.3 is 19.7 Å². The Morgan fingerprint density at radius 2 is 1.81 bits per heavy atom. The molecule has 0 spiro atoms. The summed E-state index contributed by atoms with van der Waals surface area (Å²) in [5.41, 5.74) is 1.31. The van der Waals surface area contributed by atoms with Gasteiger partial charge in [-0.2, -0.15) is 0 Å². The minimum absolute atomic E-state index is 0.0833. The fourth-order valence-electron chi connectivity index (χ4n) is 3.14. The van der Waals surface area contributed by atoms with Crippen LogP contribution in [0.4, 0.5) is 5.69 Å². The van der Waals surface area contributed by atoms with Crippen LogP contribution < -0.4 is 10.1 Å².